The van der Waals surface area contributed by atoms with Crippen molar-refractivity contribution in [3.63, 3.8) is 0 Å². The Morgan fingerprint density at radius 2 is 0.810 bits per heavy atom. The number of hydrogen-bond acceptors (Lipinski definition) is 2. The molecule has 0 aromatic heterocycles. The van der Waals surface area contributed by atoms with E-state index in [1.807, 2.05) is 0 Å². The zero-order valence-electron chi connectivity index (χ0n) is 28.5. The van der Waals surface area contributed by atoms with Crippen LogP contribution in [0.1, 0.15) is 193 Å². The van der Waals surface area contributed by atoms with Gasteiger partial charge in [0.15, 0.2) is 0 Å². The summed E-state index contributed by atoms with van der Waals surface area (Å²) in [6, 6.07) is 11.1. The molecule has 1 aliphatic heterocycles. The van der Waals surface area contributed by atoms with Gasteiger partial charge in [0.1, 0.15) is 6.17 Å². The number of benzene rings is 1. The van der Waals surface area contributed by atoms with Crippen molar-refractivity contribution in [2.75, 3.05) is 6.54 Å². The van der Waals surface area contributed by atoms with Gasteiger partial charge in [0.2, 0.25) is 0 Å². The van der Waals surface area contributed by atoms with Crippen LogP contribution in [0, 0.1) is 0 Å². The van der Waals surface area contributed by atoms with Crippen LogP contribution in [0.2, 0.25) is 0 Å². The normalized spacial score (nSPS) is 14.9. The predicted molar refractivity (Wildman–Crippen MR) is 188 cm³/mol. The van der Waals surface area contributed by atoms with Crippen LogP contribution in [-0.4, -0.2) is 22.5 Å². The Kier molecular flexibility index (Phi) is 23.7. The quantitative estimate of drug-likeness (QED) is 0.0835. The number of rotatable bonds is 30. The van der Waals surface area contributed by atoms with E-state index in [4.69, 9.17) is 0 Å². The number of unbranched alkanes of at least 4 members (excludes halogenated alkanes) is 24. The molecule has 0 fully saturated rings. The Morgan fingerprint density at radius 1 is 0.429 bits per heavy atom. The molecule has 0 amide bonds. The Balaban J connectivity index is 1.54. The van der Waals surface area contributed by atoms with E-state index in [1.165, 1.54) is 185 Å². The smallest absolute Gasteiger partial charge is 0.101 e. The molecule has 0 aliphatic carbocycles. The van der Waals surface area contributed by atoms with E-state index < -0.39 is 0 Å². The molecule has 1 aliphatic rings. The lowest BCUT2D eigenvalue weighted by molar-refractivity contribution is 0.132. The van der Waals surface area contributed by atoms with E-state index in [-0.39, 0.29) is 0 Å². The lowest BCUT2D eigenvalue weighted by Crippen LogP contribution is -2.38. The maximum absolute atomic E-state index is 2.67. The molecule has 0 spiro atoms. The highest BCUT2D eigenvalue weighted by atomic mass is 15.4. The number of nitrogens with zero attached hydrogens (tertiary/aromatic N) is 2. The Labute approximate surface area is 264 Å². The lowest BCUT2D eigenvalue weighted by Gasteiger charge is -2.33. The average Bonchev–Trinajstić information content (AvgIpc) is 3.39. The fourth-order valence-corrected chi connectivity index (χ4v) is 6.72. The van der Waals surface area contributed by atoms with Gasteiger partial charge in [-0.3, -0.25) is 0 Å². The second-order valence-corrected chi connectivity index (χ2v) is 13.4. The molecule has 1 heterocycles. The lowest BCUT2D eigenvalue weighted by atomic mass is 10.0. The largest absolute Gasteiger partial charge is 0.356 e. The van der Waals surface area contributed by atoms with Crippen molar-refractivity contribution in [3.05, 3.63) is 48.3 Å². The van der Waals surface area contributed by atoms with Crippen molar-refractivity contribution < 1.29 is 0 Å². The highest BCUT2D eigenvalue weighted by Crippen LogP contribution is 2.25. The van der Waals surface area contributed by atoms with Crippen molar-refractivity contribution in [1.82, 2.24) is 9.80 Å². The highest BCUT2D eigenvalue weighted by molar-refractivity contribution is 5.16. The molecular weight excluding hydrogens is 508 g/mol. The van der Waals surface area contributed by atoms with E-state index in [2.05, 4.69) is 66.4 Å². The molecule has 2 nitrogen and oxygen atoms in total. The molecule has 0 N–H and O–H groups in total. The highest BCUT2D eigenvalue weighted by Gasteiger charge is 2.25. The third-order valence-corrected chi connectivity index (χ3v) is 9.51. The van der Waals surface area contributed by atoms with Crippen LogP contribution in [0.5, 0.6) is 0 Å². The zero-order chi connectivity index (χ0) is 29.8. The van der Waals surface area contributed by atoms with Gasteiger partial charge in [0, 0.05) is 25.5 Å². The van der Waals surface area contributed by atoms with E-state index in [9.17, 15) is 0 Å². The van der Waals surface area contributed by atoms with Gasteiger partial charge in [-0.15, -0.1) is 0 Å². The second kappa shape index (κ2) is 27.1. The van der Waals surface area contributed by atoms with Crippen molar-refractivity contribution in [3.8, 4) is 0 Å². The zero-order valence-corrected chi connectivity index (χ0v) is 28.5. The molecule has 1 aromatic carbocycles. The Hall–Kier alpha value is -1.44. The van der Waals surface area contributed by atoms with Crippen molar-refractivity contribution in [1.29, 1.82) is 0 Å². The third-order valence-electron chi connectivity index (χ3n) is 9.51. The summed E-state index contributed by atoms with van der Waals surface area (Å²) in [4.78, 5) is 5.28. The minimum absolute atomic E-state index is 0.551. The molecule has 0 saturated heterocycles. The number of hydrogen-bond donors (Lipinski definition) is 0. The third kappa shape index (κ3) is 19.0. The molecule has 2 heteroatoms. The van der Waals surface area contributed by atoms with Gasteiger partial charge in [-0.25, -0.2) is 0 Å². The van der Waals surface area contributed by atoms with Crippen LogP contribution in [0.25, 0.3) is 0 Å². The van der Waals surface area contributed by atoms with Crippen LogP contribution in [0.4, 0.5) is 0 Å². The summed E-state index contributed by atoms with van der Waals surface area (Å²) >= 11 is 0. The fraction of sp³-hybridized carbons (Fsp3) is 0.800. The molecule has 2 rings (SSSR count). The van der Waals surface area contributed by atoms with Gasteiger partial charge < -0.3 is 9.80 Å². The standard InChI is InChI=1S/C40H72N2/c1-3-5-7-9-11-13-15-16-17-18-20-22-24-26-31-35-41-36-37-42(38-39-32-28-27-29-33-39)40(41)34-30-25-23-21-19-14-12-10-8-6-4-2/h27-29,32-33,36-37,40H,3-26,30-31,34-35,38H2,1-2H3. The minimum Gasteiger partial charge on any atom is -0.356 e. The topological polar surface area (TPSA) is 6.48 Å². The molecule has 0 bridgehead atoms. The summed E-state index contributed by atoms with van der Waals surface area (Å²) in [6.45, 7) is 6.88. The van der Waals surface area contributed by atoms with E-state index in [0.717, 1.165) is 6.54 Å². The van der Waals surface area contributed by atoms with Crippen LogP contribution in [0.15, 0.2) is 42.7 Å². The monoisotopic (exact) mass is 581 g/mol. The summed E-state index contributed by atoms with van der Waals surface area (Å²) < 4.78 is 0. The molecule has 0 saturated carbocycles. The van der Waals surface area contributed by atoms with Crippen molar-refractivity contribution in [2.45, 2.75) is 200 Å². The van der Waals surface area contributed by atoms with E-state index in [1.54, 1.807) is 0 Å². The van der Waals surface area contributed by atoms with Crippen LogP contribution < -0.4 is 0 Å². The molecule has 1 atom stereocenters. The summed E-state index contributed by atoms with van der Waals surface area (Å²) in [7, 11) is 0. The van der Waals surface area contributed by atoms with Gasteiger partial charge in [-0.2, -0.15) is 0 Å². The van der Waals surface area contributed by atoms with Crippen LogP contribution >= 0.6 is 0 Å². The predicted octanol–water partition coefficient (Wildman–Crippen LogP) is 13.2. The summed E-state index contributed by atoms with van der Waals surface area (Å²) in [5.41, 5.74) is 1.43. The van der Waals surface area contributed by atoms with Gasteiger partial charge >= 0.3 is 0 Å². The average molecular weight is 581 g/mol. The van der Waals surface area contributed by atoms with Gasteiger partial charge in [-0.1, -0.05) is 198 Å². The first kappa shape index (κ1) is 36.8. The molecule has 242 valence electrons. The van der Waals surface area contributed by atoms with Crippen LogP contribution in [-0.2, 0) is 6.54 Å². The van der Waals surface area contributed by atoms with Gasteiger partial charge in [-0.05, 0) is 24.8 Å². The minimum atomic E-state index is 0.551. The van der Waals surface area contributed by atoms with E-state index >= 15 is 0 Å². The van der Waals surface area contributed by atoms with Gasteiger partial charge in [0.05, 0.1) is 0 Å². The van der Waals surface area contributed by atoms with Gasteiger partial charge in [0.25, 0.3) is 0 Å². The first-order chi connectivity index (χ1) is 20.8. The molecule has 42 heavy (non-hydrogen) atoms. The second-order valence-electron chi connectivity index (χ2n) is 13.4. The molecule has 1 unspecified atom stereocenters. The fourth-order valence-electron chi connectivity index (χ4n) is 6.72. The van der Waals surface area contributed by atoms with Crippen LogP contribution in [0.3, 0.4) is 0 Å². The van der Waals surface area contributed by atoms with Crippen molar-refractivity contribution >= 4 is 0 Å². The Morgan fingerprint density at radius 3 is 1.26 bits per heavy atom. The summed E-state index contributed by atoms with van der Waals surface area (Å²) in [5, 5.41) is 0. The maximum atomic E-state index is 2.67. The Bertz CT molecular complexity index is 714. The van der Waals surface area contributed by atoms with E-state index in [0.29, 0.717) is 6.17 Å². The SMILES string of the molecule is CCCCCCCCCCCCCCCCCN1C=CN(Cc2ccccc2)C1CCCCCCCCCCCCC. The first-order valence-electron chi connectivity index (χ1n) is 19.1. The summed E-state index contributed by atoms with van der Waals surface area (Å²) in [6.07, 6.45) is 43.9. The van der Waals surface area contributed by atoms with Crippen molar-refractivity contribution in [2.24, 2.45) is 0 Å². The summed E-state index contributed by atoms with van der Waals surface area (Å²) in [5.74, 6) is 0. The molecular formula is C40H72N2. The maximum Gasteiger partial charge on any atom is 0.101 e. The molecule has 0 radical (unpaired) electrons. The molecule has 1 aromatic rings. The first-order valence-corrected chi connectivity index (χ1v) is 19.1.